The van der Waals surface area contributed by atoms with E-state index in [0.717, 1.165) is 33.4 Å². The summed E-state index contributed by atoms with van der Waals surface area (Å²) in [5.74, 6) is -1.31. The number of benzene rings is 6. The molecule has 2 unspecified atom stereocenters. The molecule has 54 heavy (non-hydrogen) atoms. The van der Waals surface area contributed by atoms with Crippen LogP contribution in [0.4, 0.5) is 4.79 Å². The van der Waals surface area contributed by atoms with Gasteiger partial charge in [0.15, 0.2) is 12.1 Å². The van der Waals surface area contributed by atoms with E-state index in [2.05, 4.69) is 10.6 Å². The van der Waals surface area contributed by atoms with E-state index < -0.39 is 42.3 Å². The van der Waals surface area contributed by atoms with Gasteiger partial charge in [0, 0.05) is 6.42 Å². The highest BCUT2D eigenvalue weighted by Gasteiger charge is 2.32. The first-order valence-electron chi connectivity index (χ1n) is 17.9. The van der Waals surface area contributed by atoms with Gasteiger partial charge in [-0.15, -0.1) is 0 Å². The predicted molar refractivity (Wildman–Crippen MR) is 207 cm³/mol. The third-order valence-corrected chi connectivity index (χ3v) is 8.78. The summed E-state index contributed by atoms with van der Waals surface area (Å²) in [5.41, 5.74) is 4.88. The van der Waals surface area contributed by atoms with E-state index in [0.29, 0.717) is 0 Å². The summed E-state index contributed by atoms with van der Waals surface area (Å²) in [4.78, 5) is 41.7. The lowest BCUT2D eigenvalue weighted by molar-refractivity contribution is -0.154. The number of nitrogens with one attached hydrogen (secondary N) is 2. The van der Waals surface area contributed by atoms with Crippen molar-refractivity contribution in [3.8, 4) is 0 Å². The quantitative estimate of drug-likeness (QED) is 0.0980. The molecular weight excluding hydrogens is 677 g/mol. The van der Waals surface area contributed by atoms with E-state index >= 15 is 0 Å². The van der Waals surface area contributed by atoms with Crippen LogP contribution in [0.2, 0.25) is 0 Å². The molecule has 8 nitrogen and oxygen atoms in total. The van der Waals surface area contributed by atoms with Gasteiger partial charge in [-0.1, -0.05) is 182 Å². The normalized spacial score (nSPS) is 12.0. The van der Waals surface area contributed by atoms with Gasteiger partial charge in [-0.2, -0.15) is 0 Å². The maximum absolute atomic E-state index is 14.4. The van der Waals surface area contributed by atoms with Gasteiger partial charge in [0.2, 0.25) is 5.91 Å². The first kappa shape index (κ1) is 37.3. The lowest BCUT2D eigenvalue weighted by Crippen LogP contribution is -2.54. The monoisotopic (exact) mass is 718 g/mol. The molecule has 0 aliphatic carbocycles. The summed E-state index contributed by atoms with van der Waals surface area (Å²) < 4.78 is 18.3. The van der Waals surface area contributed by atoms with Crippen LogP contribution in [0, 0.1) is 0 Å². The summed E-state index contributed by atoms with van der Waals surface area (Å²) in [5, 5.41) is 5.60. The van der Waals surface area contributed by atoms with Crippen molar-refractivity contribution in [3.05, 3.63) is 215 Å². The minimum Gasteiger partial charge on any atom is -0.451 e. The molecule has 0 heterocycles. The average Bonchev–Trinajstić information content (AvgIpc) is 3.23. The van der Waals surface area contributed by atoms with Gasteiger partial charge in [0.25, 0.3) is 0 Å². The molecule has 0 saturated heterocycles. The number of carbonyl (C=O) groups excluding carboxylic acids is 3. The van der Waals surface area contributed by atoms with Crippen molar-refractivity contribution in [2.45, 2.75) is 37.3 Å². The first-order valence-corrected chi connectivity index (χ1v) is 17.9. The predicted octanol–water partition coefficient (Wildman–Crippen LogP) is 8.15. The summed E-state index contributed by atoms with van der Waals surface area (Å²) in [6.07, 6.45) is -1.94. The Hall–Kier alpha value is -6.51. The molecule has 0 spiro atoms. The van der Waals surface area contributed by atoms with E-state index in [4.69, 9.17) is 14.2 Å². The van der Waals surface area contributed by atoms with Crippen molar-refractivity contribution < 1.29 is 28.6 Å². The summed E-state index contributed by atoms with van der Waals surface area (Å²) in [6, 6.07) is 54.4. The fraction of sp³-hybridized carbons (Fsp3) is 0.152. The van der Waals surface area contributed by atoms with E-state index in [1.54, 1.807) is 0 Å². The number of ether oxygens (including phenoxy) is 3. The Kier molecular flexibility index (Phi) is 13.4. The third kappa shape index (κ3) is 10.8. The molecule has 2 amide bonds. The van der Waals surface area contributed by atoms with Crippen molar-refractivity contribution in [1.82, 2.24) is 10.6 Å². The van der Waals surface area contributed by atoms with Gasteiger partial charge < -0.3 is 24.8 Å². The number of hydrogen-bond acceptors (Lipinski definition) is 6. The number of amides is 2. The highest BCUT2D eigenvalue weighted by Crippen LogP contribution is 2.28. The second-order valence-electron chi connectivity index (χ2n) is 12.7. The number of esters is 1. The molecule has 6 aromatic carbocycles. The van der Waals surface area contributed by atoms with E-state index in [9.17, 15) is 14.4 Å². The van der Waals surface area contributed by atoms with Crippen molar-refractivity contribution in [2.75, 3.05) is 6.61 Å². The standard InChI is InChI=1S/C46H42N2O6/c49-44(40(31-34-19-7-1-8-20-34)48-46(51)53-32-35-21-9-2-10-22-35)47-41(33-52-42(36-23-11-3-12-24-36)37-25-13-4-14-26-37)45(50)54-43(38-27-15-5-16-28-38)39-29-17-6-18-30-39/h1-30,40-43H,31-33H2,(H,47,49)(H,48,51). The largest absolute Gasteiger partial charge is 0.451 e. The molecule has 0 aliphatic heterocycles. The highest BCUT2D eigenvalue weighted by molar-refractivity contribution is 5.90. The zero-order valence-electron chi connectivity index (χ0n) is 29.7. The highest BCUT2D eigenvalue weighted by atomic mass is 16.6. The van der Waals surface area contributed by atoms with Gasteiger partial charge in [-0.05, 0) is 33.4 Å². The number of rotatable bonds is 16. The van der Waals surface area contributed by atoms with Crippen molar-refractivity contribution in [2.24, 2.45) is 0 Å². The molecule has 8 heteroatoms. The van der Waals surface area contributed by atoms with Gasteiger partial charge in [-0.25, -0.2) is 9.59 Å². The van der Waals surface area contributed by atoms with Crippen molar-refractivity contribution >= 4 is 18.0 Å². The first-order chi connectivity index (χ1) is 26.5. The van der Waals surface area contributed by atoms with Crippen LogP contribution in [0.25, 0.3) is 0 Å². The van der Waals surface area contributed by atoms with Crippen LogP contribution in [-0.2, 0) is 36.8 Å². The van der Waals surface area contributed by atoms with E-state index in [1.165, 1.54) is 0 Å². The lowest BCUT2D eigenvalue weighted by Gasteiger charge is -2.27. The SMILES string of the molecule is O=C(NC(Cc1ccccc1)C(=O)NC(COC(c1ccccc1)c1ccccc1)C(=O)OC(c1ccccc1)c1ccccc1)OCc1ccccc1. The summed E-state index contributed by atoms with van der Waals surface area (Å²) >= 11 is 0. The molecule has 0 radical (unpaired) electrons. The Bertz CT molecular complexity index is 1950. The summed E-state index contributed by atoms with van der Waals surface area (Å²) in [7, 11) is 0. The molecule has 0 bridgehead atoms. The molecule has 0 fully saturated rings. The van der Waals surface area contributed by atoms with E-state index in [1.807, 2.05) is 182 Å². The number of carbonyl (C=O) groups is 3. The molecule has 6 aromatic rings. The van der Waals surface area contributed by atoms with Crippen LogP contribution in [-0.4, -0.2) is 36.7 Å². The second-order valence-corrected chi connectivity index (χ2v) is 12.7. The maximum atomic E-state index is 14.4. The average molecular weight is 719 g/mol. The summed E-state index contributed by atoms with van der Waals surface area (Å²) in [6.45, 7) is -0.207. The molecule has 2 atom stereocenters. The molecule has 272 valence electrons. The smallest absolute Gasteiger partial charge is 0.408 e. The fourth-order valence-corrected chi connectivity index (χ4v) is 6.02. The molecular formula is C46H42N2O6. The lowest BCUT2D eigenvalue weighted by atomic mass is 10.0. The topological polar surface area (TPSA) is 103 Å². The third-order valence-electron chi connectivity index (χ3n) is 8.78. The molecule has 6 rings (SSSR count). The second kappa shape index (κ2) is 19.4. The molecule has 0 aromatic heterocycles. The zero-order valence-corrected chi connectivity index (χ0v) is 29.7. The van der Waals surface area contributed by atoms with Gasteiger partial charge in [0.1, 0.15) is 18.8 Å². The Morgan fingerprint density at radius 3 is 1.33 bits per heavy atom. The zero-order chi connectivity index (χ0) is 37.4. The van der Waals surface area contributed by atoms with Crippen LogP contribution >= 0.6 is 0 Å². The molecule has 0 aliphatic rings. The van der Waals surface area contributed by atoms with Gasteiger partial charge in [-0.3, -0.25) is 4.79 Å². The van der Waals surface area contributed by atoms with Crippen LogP contribution < -0.4 is 10.6 Å². The maximum Gasteiger partial charge on any atom is 0.408 e. The Labute approximate surface area is 315 Å². The Balaban J connectivity index is 1.28. The van der Waals surface area contributed by atoms with Gasteiger partial charge in [0.05, 0.1) is 6.61 Å². The Morgan fingerprint density at radius 1 is 0.463 bits per heavy atom. The van der Waals surface area contributed by atoms with Crippen molar-refractivity contribution in [1.29, 1.82) is 0 Å². The van der Waals surface area contributed by atoms with Crippen LogP contribution in [0.15, 0.2) is 182 Å². The molecule has 0 saturated carbocycles. The van der Waals surface area contributed by atoms with Crippen LogP contribution in [0.1, 0.15) is 45.6 Å². The molecule has 2 N–H and O–H groups in total. The van der Waals surface area contributed by atoms with E-state index in [-0.39, 0.29) is 19.6 Å². The number of alkyl carbamates (subject to hydrolysis) is 1. The van der Waals surface area contributed by atoms with Crippen LogP contribution in [0.5, 0.6) is 0 Å². The van der Waals surface area contributed by atoms with Gasteiger partial charge >= 0.3 is 12.1 Å². The number of hydrogen-bond donors (Lipinski definition) is 2. The fourth-order valence-electron chi connectivity index (χ4n) is 6.02. The Morgan fingerprint density at radius 2 is 0.870 bits per heavy atom. The van der Waals surface area contributed by atoms with Crippen molar-refractivity contribution in [3.63, 3.8) is 0 Å². The minimum absolute atomic E-state index is 0.0237. The van der Waals surface area contributed by atoms with Crippen LogP contribution in [0.3, 0.4) is 0 Å². The minimum atomic E-state index is -1.26.